The van der Waals surface area contributed by atoms with E-state index in [1.165, 1.54) is 0 Å². The molecular weight excluding hydrogens is 628 g/mol. The Bertz CT molecular complexity index is 1090. The van der Waals surface area contributed by atoms with Crippen LogP contribution in [0.1, 0.15) is 40.0 Å². The summed E-state index contributed by atoms with van der Waals surface area (Å²) in [6.07, 6.45) is 0.640. The molecule has 0 bridgehead atoms. The Morgan fingerprint density at radius 1 is 0.750 bits per heavy atom. The maximum Gasteiger partial charge on any atom is 0.319 e. The highest BCUT2D eigenvalue weighted by molar-refractivity contribution is 5.92. The third-order valence-electron chi connectivity index (χ3n) is 6.60. The second kappa shape index (κ2) is 25.8. The second-order valence-electron chi connectivity index (χ2n) is 10.8. The lowest BCUT2D eigenvalue weighted by Crippen LogP contribution is -2.55. The van der Waals surface area contributed by atoms with Gasteiger partial charge in [-0.3, -0.25) is 14.4 Å². The van der Waals surface area contributed by atoms with Crippen molar-refractivity contribution in [3.05, 3.63) is 24.3 Å². The summed E-state index contributed by atoms with van der Waals surface area (Å²) in [5, 5.41) is 18.9. The number of rotatable bonds is 26. The fourth-order valence-electron chi connectivity index (χ4n) is 4.02. The number of nitrogens with one attached hydrogen (secondary N) is 7. The number of primary amides is 1. The standard InChI is InChI=1S/C31H54N8O9/c1-5-45-21-36-28(41)25(7-6-13-34-30(32)43)38-29(42)27(22(2)3)39-26(40)12-15-46-17-19-48-20-18-47-16-14-35-31(44)37-24-10-8-23(33-4)9-11-24/h8-11,22,25,27,33H,5-7,12-21H2,1-4H3,(H,36,41)(H,38,42)(H,39,40)(H3,32,34,43)(H2,35,37,44). The number of benzene rings is 1. The zero-order valence-corrected chi connectivity index (χ0v) is 28.5. The van der Waals surface area contributed by atoms with Gasteiger partial charge in [-0.05, 0) is 49.9 Å². The highest BCUT2D eigenvalue weighted by Crippen LogP contribution is 2.12. The van der Waals surface area contributed by atoms with Crippen molar-refractivity contribution in [1.29, 1.82) is 0 Å². The number of nitrogens with two attached hydrogens (primary N) is 1. The van der Waals surface area contributed by atoms with Gasteiger partial charge in [-0.15, -0.1) is 0 Å². The Labute approximate surface area is 282 Å². The van der Waals surface area contributed by atoms with E-state index in [0.29, 0.717) is 51.7 Å². The smallest absolute Gasteiger partial charge is 0.319 e. The van der Waals surface area contributed by atoms with Crippen molar-refractivity contribution in [3.63, 3.8) is 0 Å². The second-order valence-corrected chi connectivity index (χ2v) is 10.8. The quantitative estimate of drug-likeness (QED) is 0.0497. The SMILES string of the molecule is CCOCNC(=O)C(CCCNC(N)=O)NC(=O)C(NC(=O)CCOCCOCCOCCNC(=O)Nc1ccc(NC)cc1)C(C)C. The van der Waals surface area contributed by atoms with E-state index in [9.17, 15) is 24.0 Å². The molecule has 0 saturated carbocycles. The van der Waals surface area contributed by atoms with Gasteiger partial charge >= 0.3 is 12.1 Å². The summed E-state index contributed by atoms with van der Waals surface area (Å²) in [6, 6.07) is 4.52. The maximum atomic E-state index is 13.1. The Balaban J connectivity index is 2.24. The summed E-state index contributed by atoms with van der Waals surface area (Å²) in [5.74, 6) is -1.60. The van der Waals surface area contributed by atoms with Crippen molar-refractivity contribution in [3.8, 4) is 0 Å². The predicted molar refractivity (Wildman–Crippen MR) is 180 cm³/mol. The van der Waals surface area contributed by atoms with E-state index in [0.717, 1.165) is 5.69 Å². The van der Waals surface area contributed by atoms with Gasteiger partial charge in [0.25, 0.3) is 0 Å². The van der Waals surface area contributed by atoms with Crippen LogP contribution in [0.4, 0.5) is 21.0 Å². The molecule has 17 nitrogen and oxygen atoms in total. The number of urea groups is 2. The van der Waals surface area contributed by atoms with Crippen molar-refractivity contribution in [2.75, 3.05) is 83.7 Å². The van der Waals surface area contributed by atoms with Crippen LogP contribution in [-0.4, -0.2) is 115 Å². The van der Waals surface area contributed by atoms with Gasteiger partial charge in [-0.1, -0.05) is 13.8 Å². The van der Waals surface area contributed by atoms with E-state index in [4.69, 9.17) is 24.7 Å². The Morgan fingerprint density at radius 3 is 1.98 bits per heavy atom. The maximum absolute atomic E-state index is 13.1. The average molecular weight is 683 g/mol. The zero-order valence-electron chi connectivity index (χ0n) is 28.5. The van der Waals surface area contributed by atoms with Crippen molar-refractivity contribution in [2.24, 2.45) is 11.7 Å². The fraction of sp³-hybridized carbons (Fsp3) is 0.645. The molecule has 1 aromatic carbocycles. The van der Waals surface area contributed by atoms with Crippen molar-refractivity contribution in [2.45, 2.75) is 52.1 Å². The molecular formula is C31H54N8O9. The number of hydrogen-bond donors (Lipinski definition) is 8. The summed E-state index contributed by atoms with van der Waals surface area (Å²) in [5.41, 5.74) is 6.71. The summed E-state index contributed by atoms with van der Waals surface area (Å²) >= 11 is 0. The topological polar surface area (TPSA) is 232 Å². The Hall–Kier alpha value is -4.19. The first-order valence-corrected chi connectivity index (χ1v) is 16.1. The van der Waals surface area contributed by atoms with Gasteiger partial charge in [-0.2, -0.15) is 0 Å². The molecule has 0 heterocycles. The molecule has 1 aromatic rings. The van der Waals surface area contributed by atoms with Crippen LogP contribution in [0.5, 0.6) is 0 Å². The van der Waals surface area contributed by atoms with E-state index in [1.54, 1.807) is 32.9 Å². The molecule has 0 saturated heterocycles. The molecule has 17 heteroatoms. The molecule has 2 atom stereocenters. The monoisotopic (exact) mass is 682 g/mol. The minimum Gasteiger partial charge on any atom is -0.388 e. The summed E-state index contributed by atoms with van der Waals surface area (Å²) < 4.78 is 21.5. The van der Waals surface area contributed by atoms with Gasteiger partial charge in [0.1, 0.15) is 18.8 Å². The van der Waals surface area contributed by atoms with Gasteiger partial charge in [0.2, 0.25) is 17.7 Å². The minimum atomic E-state index is -0.907. The molecule has 0 aliphatic rings. The number of anilines is 2. The predicted octanol–water partition coefficient (Wildman–Crippen LogP) is 0.474. The van der Waals surface area contributed by atoms with Crippen LogP contribution >= 0.6 is 0 Å². The average Bonchev–Trinajstić information content (AvgIpc) is 3.05. The van der Waals surface area contributed by atoms with Crippen LogP contribution < -0.4 is 43.0 Å². The summed E-state index contributed by atoms with van der Waals surface area (Å²) in [4.78, 5) is 61.1. The molecule has 0 spiro atoms. The highest BCUT2D eigenvalue weighted by atomic mass is 16.5. The largest absolute Gasteiger partial charge is 0.388 e. The van der Waals surface area contributed by atoms with E-state index >= 15 is 0 Å². The van der Waals surface area contributed by atoms with Gasteiger partial charge in [-0.25, -0.2) is 9.59 Å². The third kappa shape index (κ3) is 20.1. The lowest BCUT2D eigenvalue weighted by Gasteiger charge is -2.25. The van der Waals surface area contributed by atoms with E-state index in [-0.39, 0.29) is 57.2 Å². The van der Waals surface area contributed by atoms with Gasteiger partial charge in [0.15, 0.2) is 0 Å². The minimum absolute atomic E-state index is 0.0160. The number of carbonyl (C=O) groups excluding carboxylic acids is 5. The molecule has 1 rings (SSSR count). The molecule has 0 aromatic heterocycles. The molecule has 2 unspecified atom stereocenters. The van der Waals surface area contributed by atoms with Crippen LogP contribution in [0.15, 0.2) is 24.3 Å². The molecule has 0 aliphatic carbocycles. The van der Waals surface area contributed by atoms with Crippen LogP contribution in [0.3, 0.4) is 0 Å². The van der Waals surface area contributed by atoms with Crippen LogP contribution in [0, 0.1) is 5.92 Å². The zero-order chi connectivity index (χ0) is 35.6. The molecule has 272 valence electrons. The summed E-state index contributed by atoms with van der Waals surface area (Å²) in [7, 11) is 1.82. The van der Waals surface area contributed by atoms with Gasteiger partial charge in [0.05, 0.1) is 39.6 Å². The molecule has 0 aliphatic heterocycles. The molecule has 0 radical (unpaired) electrons. The van der Waals surface area contributed by atoms with E-state index < -0.39 is 29.9 Å². The molecule has 9 N–H and O–H groups in total. The first-order chi connectivity index (χ1) is 23.1. The molecule has 0 fully saturated rings. The normalized spacial score (nSPS) is 12.0. The first-order valence-electron chi connectivity index (χ1n) is 16.1. The molecule has 48 heavy (non-hydrogen) atoms. The third-order valence-corrected chi connectivity index (χ3v) is 6.60. The Kier molecular flexibility index (Phi) is 22.5. The number of carbonyl (C=O) groups is 5. The number of hydrogen-bond acceptors (Lipinski definition) is 10. The van der Waals surface area contributed by atoms with E-state index in [1.807, 2.05) is 19.2 Å². The highest BCUT2D eigenvalue weighted by Gasteiger charge is 2.28. The number of amides is 7. The summed E-state index contributed by atoms with van der Waals surface area (Å²) in [6.45, 7) is 8.01. The lowest BCUT2D eigenvalue weighted by atomic mass is 10.0. The first kappa shape index (κ1) is 41.8. The van der Waals surface area contributed by atoms with Crippen molar-refractivity contribution >= 4 is 41.2 Å². The van der Waals surface area contributed by atoms with Crippen molar-refractivity contribution in [1.82, 2.24) is 26.6 Å². The lowest BCUT2D eigenvalue weighted by molar-refractivity contribution is -0.133. The number of ether oxygens (including phenoxy) is 4. The van der Waals surface area contributed by atoms with Crippen LogP contribution in [0.2, 0.25) is 0 Å². The Morgan fingerprint density at radius 2 is 1.38 bits per heavy atom. The van der Waals surface area contributed by atoms with Crippen LogP contribution in [-0.2, 0) is 33.3 Å². The van der Waals surface area contributed by atoms with Crippen LogP contribution in [0.25, 0.3) is 0 Å². The van der Waals surface area contributed by atoms with Crippen molar-refractivity contribution < 1.29 is 42.9 Å². The molecule has 7 amide bonds. The fourth-order valence-corrected chi connectivity index (χ4v) is 4.02. The van der Waals surface area contributed by atoms with Gasteiger partial charge in [0, 0.05) is 44.5 Å². The van der Waals surface area contributed by atoms with E-state index in [2.05, 4.69) is 37.2 Å². The van der Waals surface area contributed by atoms with Gasteiger partial charge < -0.3 is 61.9 Å².